The summed E-state index contributed by atoms with van der Waals surface area (Å²) in [6, 6.07) is 18.4. The van der Waals surface area contributed by atoms with Gasteiger partial charge in [0, 0.05) is 31.5 Å². The first-order valence-electron chi connectivity index (χ1n) is 10.5. The van der Waals surface area contributed by atoms with Crippen molar-refractivity contribution in [3.63, 3.8) is 0 Å². The number of nitrogens with zero attached hydrogens (tertiary/aromatic N) is 3. The molecule has 2 aliphatic rings. The van der Waals surface area contributed by atoms with E-state index in [0.29, 0.717) is 30.2 Å². The van der Waals surface area contributed by atoms with E-state index in [9.17, 15) is 9.59 Å². The highest BCUT2D eigenvalue weighted by Gasteiger charge is 2.43. The molecule has 0 radical (unpaired) electrons. The van der Waals surface area contributed by atoms with Crippen LogP contribution in [0.15, 0.2) is 73.1 Å². The third-order valence-electron chi connectivity index (χ3n) is 6.00. The highest BCUT2D eigenvalue weighted by atomic mass is 16.5. The summed E-state index contributed by atoms with van der Waals surface area (Å²) in [5.74, 6) is 0.941. The van der Waals surface area contributed by atoms with E-state index in [2.05, 4.69) is 4.98 Å². The molecule has 7 nitrogen and oxygen atoms in total. The summed E-state index contributed by atoms with van der Waals surface area (Å²) in [6.45, 7) is 0.756. The summed E-state index contributed by atoms with van der Waals surface area (Å²) in [4.78, 5) is 33.4. The van der Waals surface area contributed by atoms with Crippen molar-refractivity contribution in [2.75, 3.05) is 26.7 Å². The van der Waals surface area contributed by atoms with Crippen LogP contribution in [0.2, 0.25) is 0 Å². The molecule has 7 heteroatoms. The van der Waals surface area contributed by atoms with E-state index in [0.717, 1.165) is 11.1 Å². The van der Waals surface area contributed by atoms with Gasteiger partial charge in [-0.2, -0.15) is 0 Å². The summed E-state index contributed by atoms with van der Waals surface area (Å²) < 4.78 is 11.9. The molecule has 2 amide bonds. The van der Waals surface area contributed by atoms with Crippen molar-refractivity contribution in [1.82, 2.24) is 14.8 Å². The minimum absolute atomic E-state index is 0.0527. The van der Waals surface area contributed by atoms with Crippen LogP contribution in [0.25, 0.3) is 11.1 Å². The molecule has 32 heavy (non-hydrogen) atoms. The number of ether oxygens (including phenoxy) is 2. The SMILES string of the molecule is CN1C(=O)c2ccc(-c3cccnc3)cc2O[C@H]2CN(C(=O)COc3ccccc3)C[C@H]21. The maximum absolute atomic E-state index is 13.1. The van der Waals surface area contributed by atoms with Crippen LogP contribution in [0, 0.1) is 0 Å². The molecule has 1 fully saturated rings. The van der Waals surface area contributed by atoms with Crippen molar-refractivity contribution in [3.8, 4) is 22.6 Å². The Morgan fingerprint density at radius 2 is 1.94 bits per heavy atom. The number of rotatable bonds is 4. The predicted molar refractivity (Wildman–Crippen MR) is 118 cm³/mol. The average molecular weight is 429 g/mol. The second-order valence-corrected chi connectivity index (χ2v) is 7.99. The highest BCUT2D eigenvalue weighted by molar-refractivity contribution is 5.98. The molecule has 2 atom stereocenters. The molecule has 0 unspecified atom stereocenters. The van der Waals surface area contributed by atoms with E-state index in [1.807, 2.05) is 54.6 Å². The second-order valence-electron chi connectivity index (χ2n) is 7.99. The zero-order chi connectivity index (χ0) is 22.1. The number of hydrogen-bond acceptors (Lipinski definition) is 5. The van der Waals surface area contributed by atoms with Crippen molar-refractivity contribution < 1.29 is 19.1 Å². The fourth-order valence-corrected chi connectivity index (χ4v) is 4.21. The molecule has 2 aliphatic heterocycles. The molecule has 2 aromatic carbocycles. The van der Waals surface area contributed by atoms with Gasteiger partial charge in [-0.25, -0.2) is 0 Å². The third kappa shape index (κ3) is 3.77. The molecule has 0 aliphatic carbocycles. The van der Waals surface area contributed by atoms with E-state index in [1.54, 1.807) is 35.3 Å². The van der Waals surface area contributed by atoms with Gasteiger partial charge in [-0.3, -0.25) is 14.6 Å². The number of pyridine rings is 1. The molecule has 0 spiro atoms. The van der Waals surface area contributed by atoms with Crippen LogP contribution in [0.3, 0.4) is 0 Å². The summed E-state index contributed by atoms with van der Waals surface area (Å²) in [5, 5.41) is 0. The minimum Gasteiger partial charge on any atom is -0.485 e. The van der Waals surface area contributed by atoms with Gasteiger partial charge in [-0.15, -0.1) is 0 Å². The lowest BCUT2D eigenvalue weighted by molar-refractivity contribution is -0.132. The second kappa shape index (κ2) is 8.34. The van der Waals surface area contributed by atoms with E-state index >= 15 is 0 Å². The summed E-state index contributed by atoms with van der Waals surface area (Å²) in [5.41, 5.74) is 2.40. The molecule has 0 bridgehead atoms. The Morgan fingerprint density at radius 3 is 2.72 bits per heavy atom. The third-order valence-corrected chi connectivity index (χ3v) is 6.00. The molecule has 0 saturated carbocycles. The molecule has 162 valence electrons. The van der Waals surface area contributed by atoms with Crippen molar-refractivity contribution in [2.45, 2.75) is 12.1 Å². The number of carbonyl (C=O) groups excluding carboxylic acids is 2. The Labute approximate surface area is 186 Å². The zero-order valence-corrected chi connectivity index (χ0v) is 17.7. The van der Waals surface area contributed by atoms with Crippen molar-refractivity contribution in [3.05, 3.63) is 78.6 Å². The monoisotopic (exact) mass is 429 g/mol. The number of likely N-dealkylation sites (N-methyl/N-ethyl adjacent to an activating group) is 1. The average Bonchev–Trinajstić information content (AvgIpc) is 3.23. The van der Waals surface area contributed by atoms with Gasteiger partial charge in [0.15, 0.2) is 6.61 Å². The molecule has 1 aromatic heterocycles. The van der Waals surface area contributed by atoms with Crippen LogP contribution in [0.1, 0.15) is 10.4 Å². The standard InChI is InChI=1S/C25H23N3O4/c1-27-21-14-28(24(29)16-31-19-7-3-2-4-8-19)15-23(21)32-22-12-17(9-10-20(22)25(27)30)18-6-5-11-26-13-18/h2-13,21,23H,14-16H2,1H3/t21-,23+/m1/s1. The Kier molecular flexibility index (Phi) is 5.23. The van der Waals surface area contributed by atoms with Gasteiger partial charge < -0.3 is 19.3 Å². The highest BCUT2D eigenvalue weighted by Crippen LogP contribution is 2.34. The van der Waals surface area contributed by atoms with Gasteiger partial charge in [0.1, 0.15) is 17.6 Å². The van der Waals surface area contributed by atoms with E-state index < -0.39 is 0 Å². The number of hydrogen-bond donors (Lipinski definition) is 0. The number of fused-ring (bicyclic) bond motifs is 2. The first kappa shape index (κ1) is 20.1. The summed E-state index contributed by atoms with van der Waals surface area (Å²) in [6.07, 6.45) is 3.19. The Morgan fingerprint density at radius 1 is 1.09 bits per heavy atom. The van der Waals surface area contributed by atoms with Crippen LogP contribution in [0.4, 0.5) is 0 Å². The van der Waals surface area contributed by atoms with Gasteiger partial charge in [-0.05, 0) is 35.9 Å². The number of carbonyl (C=O) groups is 2. The van der Waals surface area contributed by atoms with Crippen LogP contribution in [-0.2, 0) is 4.79 Å². The lowest BCUT2D eigenvalue weighted by atomic mass is 10.0. The Hall–Kier alpha value is -3.87. The number of amides is 2. The molecule has 0 N–H and O–H groups in total. The van der Waals surface area contributed by atoms with Crippen molar-refractivity contribution in [1.29, 1.82) is 0 Å². The fraction of sp³-hybridized carbons (Fsp3) is 0.240. The van der Waals surface area contributed by atoms with Gasteiger partial charge in [0.2, 0.25) is 0 Å². The first-order chi connectivity index (χ1) is 15.6. The summed E-state index contributed by atoms with van der Waals surface area (Å²) in [7, 11) is 1.77. The number of aromatic nitrogens is 1. The fourth-order valence-electron chi connectivity index (χ4n) is 4.21. The van der Waals surface area contributed by atoms with E-state index in [1.165, 1.54) is 0 Å². The Bertz CT molecular complexity index is 1140. The topological polar surface area (TPSA) is 72.0 Å². The van der Waals surface area contributed by atoms with Crippen molar-refractivity contribution >= 4 is 11.8 Å². The van der Waals surface area contributed by atoms with Gasteiger partial charge in [0.05, 0.1) is 18.2 Å². The van der Waals surface area contributed by atoms with Crippen LogP contribution in [-0.4, -0.2) is 65.5 Å². The quantitative estimate of drug-likeness (QED) is 0.638. The molecular formula is C25H23N3O4. The maximum atomic E-state index is 13.1. The number of para-hydroxylation sites is 1. The normalized spacial score (nSPS) is 19.6. The number of benzene rings is 2. The van der Waals surface area contributed by atoms with Gasteiger partial charge >= 0.3 is 0 Å². The Balaban J connectivity index is 1.34. The van der Waals surface area contributed by atoms with Crippen molar-refractivity contribution in [2.24, 2.45) is 0 Å². The maximum Gasteiger partial charge on any atom is 0.260 e. The van der Waals surface area contributed by atoms with E-state index in [4.69, 9.17) is 9.47 Å². The number of likely N-dealkylation sites (tertiary alicyclic amines) is 1. The first-order valence-corrected chi connectivity index (χ1v) is 10.5. The summed E-state index contributed by atoms with van der Waals surface area (Å²) >= 11 is 0. The van der Waals surface area contributed by atoms with Gasteiger partial charge in [0.25, 0.3) is 11.8 Å². The predicted octanol–water partition coefficient (Wildman–Crippen LogP) is 2.87. The molecule has 3 heterocycles. The largest absolute Gasteiger partial charge is 0.485 e. The molecule has 3 aromatic rings. The lowest BCUT2D eigenvalue weighted by Crippen LogP contribution is -2.44. The van der Waals surface area contributed by atoms with E-state index in [-0.39, 0.29) is 30.6 Å². The van der Waals surface area contributed by atoms with Crippen LogP contribution < -0.4 is 9.47 Å². The van der Waals surface area contributed by atoms with Crippen LogP contribution >= 0.6 is 0 Å². The molecule has 5 rings (SSSR count). The van der Waals surface area contributed by atoms with Crippen LogP contribution in [0.5, 0.6) is 11.5 Å². The minimum atomic E-state index is -0.310. The molecule has 1 saturated heterocycles. The smallest absolute Gasteiger partial charge is 0.260 e. The zero-order valence-electron chi connectivity index (χ0n) is 17.7. The lowest BCUT2D eigenvalue weighted by Gasteiger charge is -2.25. The molecular weight excluding hydrogens is 406 g/mol. The van der Waals surface area contributed by atoms with Gasteiger partial charge in [-0.1, -0.05) is 30.3 Å².